The van der Waals surface area contributed by atoms with Gasteiger partial charge in [-0.1, -0.05) is 54.1 Å². The van der Waals surface area contributed by atoms with Gasteiger partial charge in [-0.2, -0.15) is 0 Å². The molecule has 6 rings (SSSR count). The monoisotopic (exact) mass is 506 g/mol. The summed E-state index contributed by atoms with van der Waals surface area (Å²) >= 11 is 1.62. The fraction of sp³-hybridized carbons (Fsp3) is 0.133. The molecule has 3 heterocycles. The van der Waals surface area contributed by atoms with Crippen LogP contribution in [0.15, 0.2) is 101 Å². The lowest BCUT2D eigenvalue weighted by atomic mass is 10.1. The lowest BCUT2D eigenvalue weighted by Crippen LogP contribution is -2.36. The highest BCUT2D eigenvalue weighted by Gasteiger charge is 2.18. The van der Waals surface area contributed by atoms with E-state index in [2.05, 4.69) is 63.8 Å². The highest BCUT2D eigenvalue weighted by atomic mass is 32.1. The van der Waals surface area contributed by atoms with Crippen LogP contribution in [0.1, 0.15) is 17.0 Å². The van der Waals surface area contributed by atoms with E-state index in [4.69, 9.17) is 9.40 Å². The third-order valence-electron chi connectivity index (χ3n) is 6.48. The highest BCUT2D eigenvalue weighted by Crippen LogP contribution is 2.27. The molecule has 7 heteroatoms. The molecule has 0 aliphatic rings. The summed E-state index contributed by atoms with van der Waals surface area (Å²) in [4.78, 5) is 20.8. The van der Waals surface area contributed by atoms with Crippen LogP contribution in [0.3, 0.4) is 0 Å². The Balaban J connectivity index is 1.22. The molecule has 0 atom stereocenters. The summed E-state index contributed by atoms with van der Waals surface area (Å²) in [5, 5.41) is 7.55. The number of anilines is 1. The number of nitrogens with one attached hydrogen (secondary N) is 1. The van der Waals surface area contributed by atoms with Gasteiger partial charge in [-0.05, 0) is 48.0 Å². The van der Waals surface area contributed by atoms with Gasteiger partial charge in [0, 0.05) is 41.5 Å². The van der Waals surface area contributed by atoms with Crippen molar-refractivity contribution in [2.75, 3.05) is 11.9 Å². The van der Waals surface area contributed by atoms with Gasteiger partial charge in [0.15, 0.2) is 4.96 Å². The maximum Gasteiger partial charge on any atom is 0.322 e. The summed E-state index contributed by atoms with van der Waals surface area (Å²) in [7, 11) is 0. The summed E-state index contributed by atoms with van der Waals surface area (Å²) in [6.45, 7) is 2.95. The molecule has 0 saturated carbocycles. The van der Waals surface area contributed by atoms with E-state index in [1.165, 1.54) is 10.8 Å². The second-order valence-corrected chi connectivity index (χ2v) is 9.95. The van der Waals surface area contributed by atoms with Gasteiger partial charge in [-0.25, -0.2) is 9.78 Å². The van der Waals surface area contributed by atoms with Crippen molar-refractivity contribution < 1.29 is 9.21 Å². The Labute approximate surface area is 218 Å². The molecule has 184 valence electrons. The number of aromatic nitrogens is 2. The topological polar surface area (TPSA) is 62.8 Å². The molecular formula is C30H26N4O2S. The maximum absolute atomic E-state index is 13.2. The minimum atomic E-state index is -0.158. The van der Waals surface area contributed by atoms with Crippen LogP contribution in [0, 0.1) is 6.92 Å². The van der Waals surface area contributed by atoms with E-state index in [-0.39, 0.29) is 6.03 Å². The number of furan rings is 1. The van der Waals surface area contributed by atoms with Crippen LogP contribution in [0.25, 0.3) is 27.0 Å². The number of rotatable bonds is 7. The Kier molecular flexibility index (Phi) is 6.20. The average molecular weight is 507 g/mol. The molecule has 0 bridgehead atoms. The van der Waals surface area contributed by atoms with Crippen LogP contribution in [-0.2, 0) is 13.0 Å². The first kappa shape index (κ1) is 23.1. The van der Waals surface area contributed by atoms with E-state index in [1.807, 2.05) is 43.3 Å². The largest absolute Gasteiger partial charge is 0.467 e. The first-order valence-electron chi connectivity index (χ1n) is 12.2. The Bertz CT molecular complexity index is 1670. The van der Waals surface area contributed by atoms with Crippen molar-refractivity contribution >= 4 is 38.8 Å². The third kappa shape index (κ3) is 4.99. The van der Waals surface area contributed by atoms with Gasteiger partial charge >= 0.3 is 6.03 Å². The molecule has 0 unspecified atom stereocenters. The SMILES string of the molecule is Cc1ccc(NC(=O)N(CCc2csc3nc(-c4ccc5ccccc5c4)cn23)Cc2ccco2)cc1. The minimum absolute atomic E-state index is 0.158. The maximum atomic E-state index is 13.2. The van der Waals surface area contributed by atoms with Crippen molar-refractivity contribution in [3.8, 4) is 11.3 Å². The Hall–Kier alpha value is -4.36. The number of amides is 2. The number of hydrogen-bond donors (Lipinski definition) is 1. The number of carbonyl (C=O) groups is 1. The Morgan fingerprint density at radius 1 is 1.03 bits per heavy atom. The first-order valence-corrected chi connectivity index (χ1v) is 13.1. The van der Waals surface area contributed by atoms with E-state index in [0.717, 1.165) is 38.9 Å². The van der Waals surface area contributed by atoms with E-state index >= 15 is 0 Å². The number of benzene rings is 3. The van der Waals surface area contributed by atoms with Crippen LogP contribution < -0.4 is 5.32 Å². The number of nitrogens with zero attached hydrogens (tertiary/aromatic N) is 3. The molecule has 37 heavy (non-hydrogen) atoms. The van der Waals surface area contributed by atoms with Crippen molar-refractivity contribution in [3.05, 3.63) is 114 Å². The van der Waals surface area contributed by atoms with Crippen LogP contribution in [0.5, 0.6) is 0 Å². The molecule has 0 aliphatic carbocycles. The molecule has 2 amide bonds. The second-order valence-electron chi connectivity index (χ2n) is 9.11. The molecule has 0 saturated heterocycles. The van der Waals surface area contributed by atoms with Crippen molar-refractivity contribution in [2.24, 2.45) is 0 Å². The minimum Gasteiger partial charge on any atom is -0.467 e. The number of fused-ring (bicyclic) bond motifs is 2. The molecule has 6 nitrogen and oxygen atoms in total. The normalized spacial score (nSPS) is 11.3. The summed E-state index contributed by atoms with van der Waals surface area (Å²) in [5.74, 6) is 0.746. The van der Waals surface area contributed by atoms with Crippen LogP contribution in [0.4, 0.5) is 10.5 Å². The predicted molar refractivity (Wildman–Crippen MR) is 149 cm³/mol. The van der Waals surface area contributed by atoms with Gasteiger partial charge < -0.3 is 14.6 Å². The highest BCUT2D eigenvalue weighted by molar-refractivity contribution is 7.15. The van der Waals surface area contributed by atoms with Crippen molar-refractivity contribution in [1.82, 2.24) is 14.3 Å². The summed E-state index contributed by atoms with van der Waals surface area (Å²) in [5.41, 5.74) is 5.08. The lowest BCUT2D eigenvalue weighted by Gasteiger charge is -2.22. The predicted octanol–water partition coefficient (Wildman–Crippen LogP) is 7.39. The first-order chi connectivity index (χ1) is 18.1. The fourth-order valence-electron chi connectivity index (χ4n) is 4.43. The number of urea groups is 1. The van der Waals surface area contributed by atoms with Gasteiger partial charge in [-0.15, -0.1) is 11.3 Å². The standard InChI is InChI=1S/C30H26N4O2S/c1-21-8-12-25(13-9-21)31-29(35)33(18-27-7-4-16-36-27)15-14-26-20-37-30-32-28(19-34(26)30)24-11-10-22-5-2-3-6-23(22)17-24/h2-13,16-17,19-20H,14-15,18H2,1H3,(H,31,35). The Morgan fingerprint density at radius 2 is 1.86 bits per heavy atom. The van der Waals surface area contributed by atoms with E-state index in [9.17, 15) is 4.79 Å². The van der Waals surface area contributed by atoms with Crippen LogP contribution in [0.2, 0.25) is 0 Å². The molecule has 0 fully saturated rings. The van der Waals surface area contributed by atoms with Crippen LogP contribution >= 0.6 is 11.3 Å². The van der Waals surface area contributed by atoms with Gasteiger partial charge in [0.25, 0.3) is 0 Å². The molecule has 0 radical (unpaired) electrons. The zero-order chi connectivity index (χ0) is 25.2. The molecule has 1 N–H and O–H groups in total. The second kappa shape index (κ2) is 9.95. The number of thiazole rings is 1. The summed E-state index contributed by atoms with van der Waals surface area (Å²) in [6.07, 6.45) is 4.41. The van der Waals surface area contributed by atoms with Gasteiger partial charge in [0.2, 0.25) is 0 Å². The zero-order valence-corrected chi connectivity index (χ0v) is 21.2. The summed E-state index contributed by atoms with van der Waals surface area (Å²) in [6, 6.07) is 26.2. The van der Waals surface area contributed by atoms with E-state index in [0.29, 0.717) is 19.5 Å². The van der Waals surface area contributed by atoms with Gasteiger partial charge in [-0.3, -0.25) is 4.40 Å². The fourth-order valence-corrected chi connectivity index (χ4v) is 5.34. The van der Waals surface area contributed by atoms with Crippen molar-refractivity contribution in [3.63, 3.8) is 0 Å². The smallest absolute Gasteiger partial charge is 0.322 e. The molecular weight excluding hydrogens is 480 g/mol. The zero-order valence-electron chi connectivity index (χ0n) is 20.4. The van der Waals surface area contributed by atoms with Gasteiger partial charge in [0.05, 0.1) is 18.5 Å². The van der Waals surface area contributed by atoms with E-state index < -0.39 is 0 Å². The average Bonchev–Trinajstić information content (AvgIpc) is 3.66. The number of carbonyl (C=O) groups excluding carboxylic acids is 1. The quantitative estimate of drug-likeness (QED) is 0.245. The molecule has 3 aromatic heterocycles. The van der Waals surface area contributed by atoms with Crippen molar-refractivity contribution in [2.45, 2.75) is 19.9 Å². The summed E-state index contributed by atoms with van der Waals surface area (Å²) < 4.78 is 7.67. The Morgan fingerprint density at radius 3 is 2.68 bits per heavy atom. The lowest BCUT2D eigenvalue weighted by molar-refractivity contribution is 0.204. The van der Waals surface area contributed by atoms with Crippen LogP contribution in [-0.4, -0.2) is 26.9 Å². The third-order valence-corrected chi connectivity index (χ3v) is 7.37. The van der Waals surface area contributed by atoms with E-state index in [1.54, 1.807) is 22.5 Å². The molecule has 3 aromatic carbocycles. The molecule has 0 spiro atoms. The van der Waals surface area contributed by atoms with Gasteiger partial charge in [0.1, 0.15) is 5.76 Å². The number of hydrogen-bond acceptors (Lipinski definition) is 4. The molecule has 0 aliphatic heterocycles. The van der Waals surface area contributed by atoms with Crippen molar-refractivity contribution in [1.29, 1.82) is 0 Å². The number of imidazole rings is 1. The number of aryl methyl sites for hydroxylation is 1. The molecule has 6 aromatic rings.